The Morgan fingerprint density at radius 1 is 1.27 bits per heavy atom. The van der Waals surface area contributed by atoms with Crippen molar-refractivity contribution in [1.29, 1.82) is 0 Å². The number of thioether (sulfide) groups is 2. The lowest BCUT2D eigenvalue weighted by atomic mass is 9.91. The van der Waals surface area contributed by atoms with Crippen LogP contribution in [0.5, 0.6) is 0 Å². The zero-order valence-electron chi connectivity index (χ0n) is 14.4. The molecule has 0 amide bonds. The maximum absolute atomic E-state index is 13.1. The molecule has 26 heavy (non-hydrogen) atoms. The van der Waals surface area contributed by atoms with Crippen molar-refractivity contribution in [3.05, 3.63) is 38.8 Å². The van der Waals surface area contributed by atoms with Crippen molar-refractivity contribution in [1.82, 2.24) is 0 Å². The Morgan fingerprint density at radius 2 is 2.08 bits per heavy atom. The Balaban J connectivity index is 1.86. The van der Waals surface area contributed by atoms with Crippen LogP contribution in [0.1, 0.15) is 42.1 Å². The summed E-state index contributed by atoms with van der Waals surface area (Å²) in [5, 5.41) is 0.479. The van der Waals surface area contributed by atoms with Gasteiger partial charge in [0, 0.05) is 35.3 Å². The van der Waals surface area contributed by atoms with Gasteiger partial charge < -0.3 is 4.74 Å². The van der Waals surface area contributed by atoms with E-state index in [-0.39, 0.29) is 29.7 Å². The van der Waals surface area contributed by atoms with Crippen molar-refractivity contribution in [2.24, 2.45) is 0 Å². The first kappa shape index (κ1) is 19.5. The van der Waals surface area contributed by atoms with E-state index >= 15 is 0 Å². The molecule has 0 saturated carbocycles. The van der Waals surface area contributed by atoms with Gasteiger partial charge >= 0.3 is 5.97 Å². The summed E-state index contributed by atoms with van der Waals surface area (Å²) >= 11 is 9.65. The van der Waals surface area contributed by atoms with Crippen molar-refractivity contribution < 1.29 is 19.1 Å². The van der Waals surface area contributed by atoms with E-state index in [1.807, 2.05) is 6.07 Å². The van der Waals surface area contributed by atoms with Gasteiger partial charge in [0.05, 0.1) is 10.6 Å². The fourth-order valence-corrected chi connectivity index (χ4v) is 5.63. The normalized spacial score (nSPS) is 16.6. The minimum absolute atomic E-state index is 0.123. The maximum Gasteiger partial charge on any atom is 0.302 e. The minimum Gasteiger partial charge on any atom is -0.465 e. The van der Waals surface area contributed by atoms with Crippen molar-refractivity contribution in [3.63, 3.8) is 0 Å². The van der Waals surface area contributed by atoms with Crippen molar-refractivity contribution in [3.8, 4) is 0 Å². The molecule has 0 unspecified atom stereocenters. The van der Waals surface area contributed by atoms with E-state index in [9.17, 15) is 14.4 Å². The van der Waals surface area contributed by atoms with Crippen LogP contribution in [-0.2, 0) is 20.7 Å². The number of carbonyl (C=O) groups excluding carboxylic acids is 3. The Morgan fingerprint density at radius 3 is 2.85 bits per heavy atom. The zero-order valence-corrected chi connectivity index (χ0v) is 16.8. The van der Waals surface area contributed by atoms with Crippen LogP contribution in [0, 0.1) is 0 Å². The molecule has 138 valence electrons. The highest BCUT2D eigenvalue weighted by Crippen LogP contribution is 2.40. The summed E-state index contributed by atoms with van der Waals surface area (Å²) in [6, 6.07) is 3.66. The van der Waals surface area contributed by atoms with E-state index in [2.05, 4.69) is 0 Å². The van der Waals surface area contributed by atoms with Gasteiger partial charge in [-0.15, -0.1) is 23.5 Å². The number of fused-ring (bicyclic) bond motifs is 1. The lowest BCUT2D eigenvalue weighted by molar-refractivity contribution is -0.140. The molecule has 1 aliphatic heterocycles. The molecule has 0 saturated heterocycles. The number of rotatable bonds is 6. The Labute approximate surface area is 166 Å². The first-order valence-corrected chi connectivity index (χ1v) is 10.9. The Kier molecular flexibility index (Phi) is 6.48. The molecule has 4 nitrogen and oxygen atoms in total. The third kappa shape index (κ3) is 4.18. The molecule has 3 rings (SSSR count). The van der Waals surface area contributed by atoms with Crippen LogP contribution >= 0.6 is 35.1 Å². The van der Waals surface area contributed by atoms with Gasteiger partial charge in [0.2, 0.25) is 0 Å². The number of ether oxygens (including phenoxy) is 1. The van der Waals surface area contributed by atoms with Crippen LogP contribution in [0.15, 0.2) is 27.5 Å². The topological polar surface area (TPSA) is 60.4 Å². The van der Waals surface area contributed by atoms with Gasteiger partial charge in [-0.3, -0.25) is 14.4 Å². The molecule has 1 aromatic carbocycles. The lowest BCUT2D eigenvalue weighted by Gasteiger charge is -2.19. The van der Waals surface area contributed by atoms with Gasteiger partial charge in [-0.05, 0) is 41.9 Å². The molecule has 1 heterocycles. The number of allylic oxidation sites excluding steroid dienone is 2. The van der Waals surface area contributed by atoms with Gasteiger partial charge in [0.25, 0.3) is 0 Å². The second-order valence-electron chi connectivity index (χ2n) is 6.09. The molecular weight excluding hydrogens is 392 g/mol. The smallest absolute Gasteiger partial charge is 0.302 e. The molecule has 0 fully saturated rings. The summed E-state index contributed by atoms with van der Waals surface area (Å²) in [5.74, 6) is 0.744. The van der Waals surface area contributed by atoms with E-state index in [1.54, 1.807) is 17.8 Å². The van der Waals surface area contributed by atoms with Gasteiger partial charge in [-0.2, -0.15) is 0 Å². The molecular formula is C19H19ClO4S2. The quantitative estimate of drug-likeness (QED) is 0.298. The highest BCUT2D eigenvalue weighted by atomic mass is 35.5. The summed E-state index contributed by atoms with van der Waals surface area (Å²) in [5.41, 5.74) is 1.68. The maximum atomic E-state index is 13.1. The van der Waals surface area contributed by atoms with E-state index < -0.39 is 0 Å². The third-order valence-electron chi connectivity index (χ3n) is 4.31. The fraction of sp³-hybridized carbons (Fsp3) is 0.421. The van der Waals surface area contributed by atoms with Crippen LogP contribution in [0.3, 0.4) is 0 Å². The number of ketones is 2. The van der Waals surface area contributed by atoms with Crippen molar-refractivity contribution >= 4 is 52.7 Å². The van der Waals surface area contributed by atoms with Crippen LogP contribution in [0.4, 0.5) is 0 Å². The number of hydrogen-bond donors (Lipinski definition) is 0. The minimum atomic E-state index is -0.335. The standard InChI is InChI=1S/C19H19ClO4S2/c1-11(21)24-8-10-26-16-4-2-3-14(22)17(16)19(23)13-5-6-15-12(18(13)20)7-9-25-15/h5-6H,2-4,7-10H2,1H3. The predicted octanol–water partition coefficient (Wildman–Crippen LogP) is 4.47. The van der Waals surface area contributed by atoms with Crippen molar-refractivity contribution in [2.45, 2.75) is 37.5 Å². The second kappa shape index (κ2) is 8.63. The molecule has 7 heteroatoms. The van der Waals surface area contributed by atoms with Gasteiger partial charge in [0.15, 0.2) is 11.6 Å². The zero-order chi connectivity index (χ0) is 18.7. The first-order chi connectivity index (χ1) is 12.5. The van der Waals surface area contributed by atoms with Crippen LogP contribution in [0.25, 0.3) is 0 Å². The van der Waals surface area contributed by atoms with Gasteiger partial charge in [0.1, 0.15) is 6.61 Å². The highest BCUT2D eigenvalue weighted by Gasteiger charge is 2.30. The average molecular weight is 411 g/mol. The first-order valence-electron chi connectivity index (χ1n) is 8.50. The molecule has 0 spiro atoms. The molecule has 1 aromatic rings. The summed E-state index contributed by atoms with van der Waals surface area (Å²) in [6.45, 7) is 1.62. The summed E-state index contributed by atoms with van der Waals surface area (Å²) < 4.78 is 4.93. The molecule has 2 aliphatic rings. The van der Waals surface area contributed by atoms with Crippen LogP contribution in [0.2, 0.25) is 5.02 Å². The molecule has 0 atom stereocenters. The third-order valence-corrected chi connectivity index (χ3v) is 6.97. The van der Waals surface area contributed by atoms with E-state index in [4.69, 9.17) is 16.3 Å². The van der Waals surface area contributed by atoms with Gasteiger partial charge in [-0.25, -0.2) is 0 Å². The summed E-state index contributed by atoms with van der Waals surface area (Å²) in [6.07, 6.45) is 2.65. The second-order valence-corrected chi connectivity index (χ2v) is 8.80. The molecule has 1 aliphatic carbocycles. The monoisotopic (exact) mass is 410 g/mol. The number of esters is 1. The van der Waals surface area contributed by atoms with Gasteiger partial charge in [-0.1, -0.05) is 11.6 Å². The SMILES string of the molecule is CC(=O)OCCSC1=C(C(=O)c2ccc3c(c2Cl)CCS3)C(=O)CCC1. The lowest BCUT2D eigenvalue weighted by Crippen LogP contribution is -2.19. The van der Waals surface area contributed by atoms with Crippen LogP contribution in [-0.4, -0.2) is 35.6 Å². The molecule has 0 aromatic heterocycles. The van der Waals surface area contributed by atoms with Crippen molar-refractivity contribution in [2.75, 3.05) is 18.1 Å². The Bertz CT molecular complexity index is 801. The van der Waals surface area contributed by atoms with E-state index in [0.29, 0.717) is 29.2 Å². The number of hydrogen-bond acceptors (Lipinski definition) is 6. The molecule has 0 bridgehead atoms. The summed E-state index contributed by atoms with van der Waals surface area (Å²) in [4.78, 5) is 38.4. The largest absolute Gasteiger partial charge is 0.465 e. The fourth-order valence-electron chi connectivity index (χ4n) is 3.11. The highest BCUT2D eigenvalue weighted by molar-refractivity contribution is 8.03. The summed E-state index contributed by atoms with van der Waals surface area (Å²) in [7, 11) is 0. The van der Waals surface area contributed by atoms with Crippen LogP contribution < -0.4 is 0 Å². The number of Topliss-reactive ketones (excluding diaryl/α,β-unsaturated/α-hetero) is 2. The number of benzene rings is 1. The molecule has 0 N–H and O–H groups in total. The van der Waals surface area contributed by atoms with E-state index in [0.717, 1.165) is 34.0 Å². The van der Waals surface area contributed by atoms with E-state index in [1.165, 1.54) is 18.7 Å². The molecule has 0 radical (unpaired) electrons. The number of halogens is 1. The number of carbonyl (C=O) groups is 3. The Hall–Kier alpha value is -1.24. The predicted molar refractivity (Wildman–Crippen MR) is 105 cm³/mol. The average Bonchev–Trinajstić information content (AvgIpc) is 3.08.